The largest absolute Gasteiger partial charge is 0.470 e. The lowest BCUT2D eigenvalue weighted by atomic mass is 10.1. The lowest BCUT2D eigenvalue weighted by Crippen LogP contribution is -2.55. The summed E-state index contributed by atoms with van der Waals surface area (Å²) >= 11 is 0. The quantitative estimate of drug-likeness (QED) is 0.424. The summed E-state index contributed by atoms with van der Waals surface area (Å²) in [7, 11) is 0. The minimum atomic E-state index is -4.91. The smallest absolute Gasteiger partial charge is 0.419 e. The third-order valence-corrected chi connectivity index (χ3v) is 6.58. The molecule has 3 N–H and O–H groups in total. The van der Waals surface area contributed by atoms with Gasteiger partial charge in [0.1, 0.15) is 12.4 Å². The first-order chi connectivity index (χ1) is 18.9. The topological polar surface area (TPSA) is 114 Å². The van der Waals surface area contributed by atoms with Crippen molar-refractivity contribution < 1.29 is 31.9 Å². The van der Waals surface area contributed by atoms with E-state index < -0.39 is 29.7 Å². The summed E-state index contributed by atoms with van der Waals surface area (Å²) in [5, 5.41) is 2.95. The molecule has 2 aromatic carbocycles. The van der Waals surface area contributed by atoms with Gasteiger partial charge in [0, 0.05) is 49.8 Å². The molecule has 1 atom stereocenters. The second-order valence-corrected chi connectivity index (χ2v) is 9.28. The Balaban J connectivity index is 1.46. The summed E-state index contributed by atoms with van der Waals surface area (Å²) in [4.78, 5) is 36.6. The average molecular weight is 561 g/mol. The van der Waals surface area contributed by atoms with Crippen molar-refractivity contribution >= 4 is 17.6 Å². The Bertz CT molecular complexity index is 1390. The highest BCUT2D eigenvalue weighted by Crippen LogP contribution is 2.35. The summed E-state index contributed by atoms with van der Waals surface area (Å²) in [6.45, 7) is 5.18. The highest BCUT2D eigenvalue weighted by Gasteiger charge is 2.37. The molecule has 1 fully saturated rings. The van der Waals surface area contributed by atoms with E-state index in [9.17, 15) is 27.2 Å². The van der Waals surface area contributed by atoms with Gasteiger partial charge in [0.25, 0.3) is 11.8 Å². The number of rotatable bonds is 7. The lowest BCUT2D eigenvalue weighted by molar-refractivity contribution is -0.141. The summed E-state index contributed by atoms with van der Waals surface area (Å²) < 4.78 is 59.3. The number of hydrogen-bond acceptors (Lipinski definition) is 7. The van der Waals surface area contributed by atoms with Crippen LogP contribution >= 0.6 is 0 Å². The van der Waals surface area contributed by atoms with Crippen LogP contribution in [0, 0.1) is 5.82 Å². The van der Waals surface area contributed by atoms with Crippen molar-refractivity contribution in [1.29, 1.82) is 0 Å². The van der Waals surface area contributed by atoms with Crippen molar-refractivity contribution in [3.8, 4) is 17.1 Å². The van der Waals surface area contributed by atoms with Crippen LogP contribution in [0.3, 0.4) is 0 Å². The van der Waals surface area contributed by atoms with Gasteiger partial charge in [-0.25, -0.2) is 14.4 Å². The number of nitrogens with zero attached hydrogens (tertiary/aromatic N) is 4. The van der Waals surface area contributed by atoms with Gasteiger partial charge in [0.2, 0.25) is 5.91 Å². The molecular formula is C27H28F4N6O3. The Labute approximate surface area is 228 Å². The molecule has 212 valence electrons. The molecule has 9 nitrogen and oxygen atoms in total. The van der Waals surface area contributed by atoms with Crippen LogP contribution in [0.2, 0.25) is 0 Å². The van der Waals surface area contributed by atoms with E-state index in [1.54, 1.807) is 29.2 Å². The van der Waals surface area contributed by atoms with Crippen molar-refractivity contribution in [3.05, 3.63) is 71.2 Å². The van der Waals surface area contributed by atoms with Crippen molar-refractivity contribution in [2.75, 3.05) is 31.9 Å². The summed E-state index contributed by atoms with van der Waals surface area (Å²) in [6, 6.07) is 9.53. The molecule has 0 saturated carbocycles. The first-order valence-corrected chi connectivity index (χ1v) is 12.4. The monoisotopic (exact) mass is 560 g/mol. The number of hydrogen-bond donors (Lipinski definition) is 2. The van der Waals surface area contributed by atoms with Crippen molar-refractivity contribution in [2.24, 2.45) is 0 Å². The van der Waals surface area contributed by atoms with Crippen LogP contribution in [-0.2, 0) is 17.6 Å². The highest BCUT2D eigenvalue weighted by molar-refractivity contribution is 5.95. The number of carbonyl (C=O) groups excluding carboxylic acids is 2. The van der Waals surface area contributed by atoms with Gasteiger partial charge in [0.15, 0.2) is 5.82 Å². The third-order valence-electron chi connectivity index (χ3n) is 6.58. The molecule has 40 heavy (non-hydrogen) atoms. The number of benzene rings is 2. The van der Waals surface area contributed by atoms with Crippen molar-refractivity contribution in [3.63, 3.8) is 0 Å². The van der Waals surface area contributed by atoms with Crippen molar-refractivity contribution in [1.82, 2.24) is 25.1 Å². The predicted molar refractivity (Wildman–Crippen MR) is 138 cm³/mol. The van der Waals surface area contributed by atoms with E-state index in [2.05, 4.69) is 20.2 Å². The molecule has 1 saturated heterocycles. The Morgan fingerprint density at radius 3 is 2.50 bits per heavy atom. The van der Waals surface area contributed by atoms with Crippen molar-refractivity contribution in [2.45, 2.75) is 32.8 Å². The van der Waals surface area contributed by atoms with Gasteiger partial charge < -0.3 is 20.7 Å². The van der Waals surface area contributed by atoms with Gasteiger partial charge in [-0.15, -0.1) is 0 Å². The van der Waals surface area contributed by atoms with E-state index >= 15 is 0 Å². The first kappa shape index (κ1) is 28.7. The van der Waals surface area contributed by atoms with Gasteiger partial charge >= 0.3 is 6.18 Å². The molecule has 13 heteroatoms. The van der Waals surface area contributed by atoms with Gasteiger partial charge in [-0.1, -0.05) is 24.3 Å². The number of nitrogen functional groups attached to an aromatic ring is 1. The van der Waals surface area contributed by atoms with E-state index in [1.165, 1.54) is 13.1 Å². The molecule has 2 amide bonds. The SMILES string of the molecule is CC(=O)N1CCN(C(C)NC(=O)c2cccc(-c3cnc(N)c(OCc4cccc(F)c4C(F)(F)F)n3)c2)CC1. The number of amides is 2. The highest BCUT2D eigenvalue weighted by atomic mass is 19.4. The number of piperazine rings is 1. The maximum atomic E-state index is 13.9. The Morgan fingerprint density at radius 1 is 1.12 bits per heavy atom. The summed E-state index contributed by atoms with van der Waals surface area (Å²) in [6.07, 6.45) is -3.84. The van der Waals surface area contributed by atoms with Crippen LogP contribution in [0.5, 0.6) is 5.88 Å². The number of alkyl halides is 3. The number of carbonyl (C=O) groups is 2. The average Bonchev–Trinajstić information content (AvgIpc) is 2.92. The van der Waals surface area contributed by atoms with E-state index in [1.807, 2.05) is 6.92 Å². The molecule has 1 aliphatic rings. The van der Waals surface area contributed by atoms with E-state index in [0.29, 0.717) is 37.3 Å². The van der Waals surface area contributed by atoms with Gasteiger partial charge in [-0.3, -0.25) is 14.5 Å². The van der Waals surface area contributed by atoms with Crippen LogP contribution in [0.1, 0.15) is 35.3 Å². The van der Waals surface area contributed by atoms with Crippen LogP contribution in [0.4, 0.5) is 23.4 Å². The lowest BCUT2D eigenvalue weighted by Gasteiger charge is -2.37. The number of nitrogens with one attached hydrogen (secondary N) is 1. The number of aromatic nitrogens is 2. The standard InChI is InChI=1S/C27H28F4N6O3/c1-16(36-9-11-37(12-10-36)17(2)38)34-25(39)19-6-3-5-18(13-19)22-14-33-24(32)26(35-22)40-15-20-7-4-8-21(28)23(20)27(29,30)31/h3-8,13-14,16H,9-12,15H2,1-2H3,(H2,32,33)(H,34,39). The van der Waals surface area contributed by atoms with Crippen LogP contribution < -0.4 is 15.8 Å². The van der Waals surface area contributed by atoms with Crippen LogP contribution in [0.15, 0.2) is 48.7 Å². The predicted octanol–water partition coefficient (Wildman–Crippen LogP) is 3.70. The number of ether oxygens (including phenoxy) is 1. The second-order valence-electron chi connectivity index (χ2n) is 9.28. The first-order valence-electron chi connectivity index (χ1n) is 12.4. The van der Waals surface area contributed by atoms with Gasteiger partial charge in [-0.05, 0) is 25.1 Å². The zero-order chi connectivity index (χ0) is 29.0. The summed E-state index contributed by atoms with van der Waals surface area (Å²) in [5.41, 5.74) is 5.09. The molecule has 1 aliphatic heterocycles. The second kappa shape index (κ2) is 11.9. The van der Waals surface area contributed by atoms with E-state index in [-0.39, 0.29) is 35.4 Å². The third kappa shape index (κ3) is 6.65. The Morgan fingerprint density at radius 2 is 1.82 bits per heavy atom. The number of halogens is 4. The maximum absolute atomic E-state index is 13.9. The Hall–Kier alpha value is -4.26. The van der Waals surface area contributed by atoms with E-state index in [4.69, 9.17) is 10.5 Å². The molecule has 4 rings (SSSR count). The minimum absolute atomic E-state index is 0.0208. The zero-order valence-electron chi connectivity index (χ0n) is 21.8. The van der Waals surface area contributed by atoms with Crippen LogP contribution in [-0.4, -0.2) is 63.9 Å². The fourth-order valence-electron chi connectivity index (χ4n) is 4.39. The molecule has 0 bridgehead atoms. The minimum Gasteiger partial charge on any atom is -0.470 e. The van der Waals surface area contributed by atoms with Gasteiger partial charge in [-0.2, -0.15) is 13.2 Å². The molecule has 1 aromatic heterocycles. The fraction of sp³-hybridized carbons (Fsp3) is 0.333. The molecule has 3 aromatic rings. The maximum Gasteiger partial charge on any atom is 0.419 e. The molecule has 0 radical (unpaired) electrons. The van der Waals surface area contributed by atoms with Crippen LogP contribution in [0.25, 0.3) is 11.3 Å². The normalized spacial score (nSPS) is 15.0. The number of nitrogens with two attached hydrogens (primary N) is 1. The van der Waals surface area contributed by atoms with Gasteiger partial charge in [0.05, 0.1) is 23.6 Å². The molecular weight excluding hydrogens is 532 g/mol. The molecule has 1 unspecified atom stereocenters. The van der Waals surface area contributed by atoms with E-state index in [0.717, 1.165) is 18.2 Å². The number of anilines is 1. The fourth-order valence-corrected chi connectivity index (χ4v) is 4.39. The Kier molecular flexibility index (Phi) is 8.52. The summed E-state index contributed by atoms with van der Waals surface area (Å²) in [5.74, 6) is -2.12. The zero-order valence-corrected chi connectivity index (χ0v) is 21.8. The molecule has 0 aliphatic carbocycles. The molecule has 2 heterocycles. The molecule has 0 spiro atoms.